The van der Waals surface area contributed by atoms with Gasteiger partial charge in [-0.25, -0.2) is 0 Å². The van der Waals surface area contributed by atoms with E-state index in [-0.39, 0.29) is 5.91 Å². The summed E-state index contributed by atoms with van der Waals surface area (Å²) in [6, 6.07) is 4.09. The van der Waals surface area contributed by atoms with Gasteiger partial charge in [-0.05, 0) is 51.3 Å². The number of rotatable bonds is 4. The molecule has 2 aliphatic heterocycles. The van der Waals surface area contributed by atoms with Crippen LogP contribution in [0.5, 0.6) is 0 Å². The van der Waals surface area contributed by atoms with Crippen LogP contribution in [0.2, 0.25) is 0 Å². The maximum Gasteiger partial charge on any atom is 0.289 e. The second-order valence-electron chi connectivity index (χ2n) is 7.78. The smallest absolute Gasteiger partial charge is 0.289 e. The summed E-state index contributed by atoms with van der Waals surface area (Å²) < 4.78 is 5.23. The fourth-order valence-electron chi connectivity index (χ4n) is 3.98. The average molecular weight is 376 g/mol. The Morgan fingerprint density at radius 1 is 1.26 bits per heavy atom. The van der Waals surface area contributed by atoms with Gasteiger partial charge in [-0.15, -0.1) is 0 Å². The van der Waals surface area contributed by atoms with Gasteiger partial charge in [-0.3, -0.25) is 9.79 Å². The van der Waals surface area contributed by atoms with E-state index in [4.69, 9.17) is 4.42 Å². The number of amides is 1. The van der Waals surface area contributed by atoms with E-state index in [0.29, 0.717) is 30.8 Å². The molecule has 1 unspecified atom stereocenters. The van der Waals surface area contributed by atoms with Crippen molar-refractivity contribution in [3.63, 3.8) is 0 Å². The molecule has 1 atom stereocenters. The molecule has 27 heavy (non-hydrogen) atoms. The molecule has 2 aliphatic rings. The van der Waals surface area contributed by atoms with E-state index in [9.17, 15) is 4.79 Å². The maximum atomic E-state index is 12.4. The number of piperazine rings is 1. The largest absolute Gasteiger partial charge is 0.459 e. The number of carbonyl (C=O) groups excluding carboxylic acids is 1. The van der Waals surface area contributed by atoms with Gasteiger partial charge in [0, 0.05) is 52.4 Å². The number of carbonyl (C=O) groups is 1. The molecule has 0 bridgehead atoms. The van der Waals surface area contributed by atoms with E-state index in [1.807, 2.05) is 11.9 Å². The van der Waals surface area contributed by atoms with Crippen molar-refractivity contribution in [2.24, 2.45) is 10.9 Å². The Bertz CT molecular complexity index is 620. The van der Waals surface area contributed by atoms with Gasteiger partial charge in [-0.1, -0.05) is 0 Å². The Balaban J connectivity index is 1.46. The highest BCUT2D eigenvalue weighted by molar-refractivity contribution is 5.91. The molecule has 1 N–H and O–H groups in total. The first-order valence-electron chi connectivity index (χ1n) is 10.1. The van der Waals surface area contributed by atoms with Crippen molar-refractivity contribution in [2.45, 2.75) is 32.7 Å². The normalized spacial score (nSPS) is 22.4. The molecule has 0 radical (unpaired) electrons. The van der Waals surface area contributed by atoms with E-state index in [1.165, 1.54) is 19.4 Å². The van der Waals surface area contributed by atoms with Gasteiger partial charge in [0.2, 0.25) is 0 Å². The molecule has 0 saturated carbocycles. The van der Waals surface area contributed by atoms with Crippen molar-refractivity contribution in [3.05, 3.63) is 24.2 Å². The van der Waals surface area contributed by atoms with Crippen LogP contribution in [0.4, 0.5) is 0 Å². The second-order valence-corrected chi connectivity index (χ2v) is 7.78. The Kier molecular flexibility index (Phi) is 6.77. The maximum absolute atomic E-state index is 12.4. The highest BCUT2D eigenvalue weighted by Gasteiger charge is 2.26. The first-order valence-corrected chi connectivity index (χ1v) is 10.1. The third-order valence-electron chi connectivity index (χ3n) is 5.64. The molecule has 1 aromatic heterocycles. The molecule has 7 heteroatoms. The minimum Gasteiger partial charge on any atom is -0.459 e. The number of likely N-dealkylation sites (tertiary alicyclic amines) is 1. The van der Waals surface area contributed by atoms with Crippen molar-refractivity contribution in [1.29, 1.82) is 0 Å². The van der Waals surface area contributed by atoms with Crippen LogP contribution in [0.3, 0.4) is 0 Å². The molecule has 1 aromatic rings. The molecule has 3 heterocycles. The molecule has 2 saturated heterocycles. The van der Waals surface area contributed by atoms with E-state index in [1.54, 1.807) is 18.4 Å². The van der Waals surface area contributed by atoms with Crippen molar-refractivity contribution >= 4 is 11.9 Å². The zero-order chi connectivity index (χ0) is 19.2. The fourth-order valence-corrected chi connectivity index (χ4v) is 3.98. The van der Waals surface area contributed by atoms with Crippen LogP contribution in [0.15, 0.2) is 27.8 Å². The van der Waals surface area contributed by atoms with Gasteiger partial charge in [0.15, 0.2) is 11.7 Å². The lowest BCUT2D eigenvalue weighted by atomic mass is 9.97. The van der Waals surface area contributed by atoms with Crippen molar-refractivity contribution in [3.8, 4) is 0 Å². The number of nitrogens with zero attached hydrogens (tertiary/aromatic N) is 4. The predicted molar refractivity (Wildman–Crippen MR) is 107 cm³/mol. The van der Waals surface area contributed by atoms with Crippen LogP contribution < -0.4 is 5.32 Å². The monoisotopic (exact) mass is 375 g/mol. The zero-order valence-electron chi connectivity index (χ0n) is 16.9. The summed E-state index contributed by atoms with van der Waals surface area (Å²) in [6.07, 6.45) is 4.09. The van der Waals surface area contributed by atoms with Gasteiger partial charge in [0.25, 0.3) is 5.91 Å². The predicted octanol–water partition coefficient (Wildman–Crippen LogP) is 1.73. The van der Waals surface area contributed by atoms with E-state index < -0.39 is 0 Å². The number of piperidine rings is 1. The van der Waals surface area contributed by atoms with Crippen LogP contribution >= 0.6 is 0 Å². The molecule has 2 fully saturated rings. The summed E-state index contributed by atoms with van der Waals surface area (Å²) >= 11 is 0. The van der Waals surface area contributed by atoms with Gasteiger partial charge in [0.05, 0.1) is 6.26 Å². The summed E-state index contributed by atoms with van der Waals surface area (Å²) in [5.74, 6) is 2.00. The molecule has 3 rings (SSSR count). The molecular weight excluding hydrogens is 342 g/mol. The molecule has 150 valence electrons. The molecule has 0 aromatic carbocycles. The highest BCUT2D eigenvalue weighted by atomic mass is 16.3. The lowest BCUT2D eigenvalue weighted by molar-refractivity contribution is 0.0657. The first-order chi connectivity index (χ1) is 13.1. The quantitative estimate of drug-likeness (QED) is 0.641. The zero-order valence-corrected chi connectivity index (χ0v) is 16.9. The van der Waals surface area contributed by atoms with Gasteiger partial charge >= 0.3 is 0 Å². The third kappa shape index (κ3) is 5.03. The topological polar surface area (TPSA) is 64.3 Å². The van der Waals surface area contributed by atoms with Crippen LogP contribution in [-0.4, -0.2) is 85.5 Å². The standard InChI is InChI=1S/C20H33N5O2/c1-16(2)25-8-4-6-17(15-25)14-22-20(21-3)24-11-9-23(10-12-24)19(26)18-7-5-13-27-18/h5,7,13,16-17H,4,6,8-12,14-15H2,1-3H3,(H,21,22). The molecule has 7 nitrogen and oxygen atoms in total. The molecular formula is C20H33N5O2. The summed E-state index contributed by atoms with van der Waals surface area (Å²) in [5.41, 5.74) is 0. The van der Waals surface area contributed by atoms with Crippen LogP contribution in [0.25, 0.3) is 0 Å². The summed E-state index contributed by atoms with van der Waals surface area (Å²) in [5, 5.41) is 3.57. The van der Waals surface area contributed by atoms with Gasteiger partial charge < -0.3 is 24.4 Å². The highest BCUT2D eigenvalue weighted by Crippen LogP contribution is 2.18. The summed E-state index contributed by atoms with van der Waals surface area (Å²) in [6.45, 7) is 10.8. The minimum atomic E-state index is -0.0291. The Hall–Kier alpha value is -2.02. The third-order valence-corrected chi connectivity index (χ3v) is 5.64. The van der Waals surface area contributed by atoms with Crippen LogP contribution in [-0.2, 0) is 0 Å². The molecule has 0 aliphatic carbocycles. The lowest BCUT2D eigenvalue weighted by Gasteiger charge is -2.38. The summed E-state index contributed by atoms with van der Waals surface area (Å²) in [7, 11) is 1.84. The minimum absolute atomic E-state index is 0.0291. The molecule has 0 spiro atoms. The number of furan rings is 1. The van der Waals surface area contributed by atoms with Crippen LogP contribution in [0.1, 0.15) is 37.2 Å². The Morgan fingerprint density at radius 3 is 2.63 bits per heavy atom. The summed E-state index contributed by atoms with van der Waals surface area (Å²) in [4.78, 5) is 23.5. The van der Waals surface area contributed by atoms with Crippen molar-refractivity contribution in [2.75, 3.05) is 52.9 Å². The Labute approximate surface area is 162 Å². The van der Waals surface area contributed by atoms with E-state index >= 15 is 0 Å². The number of hydrogen-bond donors (Lipinski definition) is 1. The van der Waals surface area contributed by atoms with Crippen molar-refractivity contribution < 1.29 is 9.21 Å². The van der Waals surface area contributed by atoms with Gasteiger partial charge in [0.1, 0.15) is 0 Å². The van der Waals surface area contributed by atoms with Crippen LogP contribution in [0, 0.1) is 5.92 Å². The first kappa shape index (κ1) is 19.7. The number of nitrogens with one attached hydrogen (secondary N) is 1. The van der Waals surface area contributed by atoms with Gasteiger partial charge in [-0.2, -0.15) is 0 Å². The number of guanidine groups is 1. The fraction of sp³-hybridized carbons (Fsp3) is 0.700. The van der Waals surface area contributed by atoms with E-state index in [2.05, 4.69) is 34.0 Å². The second kappa shape index (κ2) is 9.26. The Morgan fingerprint density at radius 2 is 2.00 bits per heavy atom. The van der Waals surface area contributed by atoms with E-state index in [0.717, 1.165) is 32.1 Å². The van der Waals surface area contributed by atoms with Crippen molar-refractivity contribution in [1.82, 2.24) is 20.0 Å². The number of hydrogen-bond acceptors (Lipinski definition) is 4. The number of aliphatic imine (C=N–C) groups is 1. The SMILES string of the molecule is CN=C(NCC1CCCN(C(C)C)C1)N1CCN(C(=O)c2ccco2)CC1. The average Bonchev–Trinajstić information content (AvgIpc) is 3.23. The lowest BCUT2D eigenvalue weighted by Crippen LogP contribution is -2.54. The molecule has 1 amide bonds.